The Kier molecular flexibility index (Phi) is 4.57. The van der Waals surface area contributed by atoms with E-state index in [0.29, 0.717) is 23.6 Å². The van der Waals surface area contributed by atoms with E-state index in [4.69, 9.17) is 5.73 Å². The van der Waals surface area contributed by atoms with Crippen LogP contribution in [0.1, 0.15) is 36.5 Å². The van der Waals surface area contributed by atoms with E-state index in [9.17, 15) is 14.4 Å². The molecule has 1 aliphatic carbocycles. The number of nitrogens with two attached hydrogens (primary N) is 1. The zero-order valence-electron chi connectivity index (χ0n) is 11.9. The van der Waals surface area contributed by atoms with Crippen molar-refractivity contribution < 1.29 is 14.4 Å². The molecule has 21 heavy (non-hydrogen) atoms. The fourth-order valence-corrected chi connectivity index (χ4v) is 2.12. The summed E-state index contributed by atoms with van der Waals surface area (Å²) in [4.78, 5) is 34.6. The monoisotopic (exact) mass is 289 g/mol. The summed E-state index contributed by atoms with van der Waals surface area (Å²) in [6, 6.07) is 5.89. The molecule has 0 bridgehead atoms. The molecule has 6 nitrogen and oxygen atoms in total. The standard InChI is InChI=1S/C15H19N3O3/c1-9(19)17-12-4-2-3-11(8-12)15(21)18-13(14(16)20)7-10-5-6-10/h2-4,8,10,13H,5-7H2,1H3,(H2,16,20)(H,17,19)(H,18,21)/t13-/m0/s1. The highest BCUT2D eigenvalue weighted by atomic mass is 16.2. The molecule has 2 rings (SSSR count). The third-order valence-electron chi connectivity index (χ3n) is 3.36. The van der Waals surface area contributed by atoms with E-state index in [0.717, 1.165) is 12.8 Å². The van der Waals surface area contributed by atoms with Crippen LogP contribution in [0.4, 0.5) is 5.69 Å². The zero-order valence-corrected chi connectivity index (χ0v) is 11.9. The second-order valence-corrected chi connectivity index (χ2v) is 5.37. The van der Waals surface area contributed by atoms with Crippen LogP contribution in [0.2, 0.25) is 0 Å². The number of amides is 3. The van der Waals surface area contributed by atoms with Crippen molar-refractivity contribution in [2.24, 2.45) is 11.7 Å². The van der Waals surface area contributed by atoms with E-state index in [1.165, 1.54) is 6.92 Å². The molecule has 1 aliphatic rings. The van der Waals surface area contributed by atoms with Crippen molar-refractivity contribution in [1.29, 1.82) is 0 Å². The van der Waals surface area contributed by atoms with Crippen LogP contribution in [-0.2, 0) is 9.59 Å². The van der Waals surface area contributed by atoms with Crippen LogP contribution >= 0.6 is 0 Å². The minimum atomic E-state index is -0.644. The summed E-state index contributed by atoms with van der Waals surface area (Å²) in [6.45, 7) is 1.39. The Morgan fingerprint density at radius 1 is 1.33 bits per heavy atom. The molecule has 3 amide bonds. The number of anilines is 1. The van der Waals surface area contributed by atoms with Gasteiger partial charge in [-0.1, -0.05) is 18.9 Å². The Hall–Kier alpha value is -2.37. The van der Waals surface area contributed by atoms with Gasteiger partial charge in [0.2, 0.25) is 11.8 Å². The average Bonchev–Trinajstić information content (AvgIpc) is 3.21. The summed E-state index contributed by atoms with van der Waals surface area (Å²) in [7, 11) is 0. The molecule has 0 spiro atoms. The highest BCUT2D eigenvalue weighted by Gasteiger charge is 2.29. The Morgan fingerprint density at radius 3 is 2.62 bits per heavy atom. The van der Waals surface area contributed by atoms with Crippen LogP contribution in [0.15, 0.2) is 24.3 Å². The first-order valence-corrected chi connectivity index (χ1v) is 6.93. The van der Waals surface area contributed by atoms with Crippen LogP contribution < -0.4 is 16.4 Å². The zero-order chi connectivity index (χ0) is 15.4. The number of carbonyl (C=O) groups is 3. The van der Waals surface area contributed by atoms with E-state index in [-0.39, 0.29) is 11.8 Å². The van der Waals surface area contributed by atoms with Crippen molar-refractivity contribution in [2.75, 3.05) is 5.32 Å². The first-order chi connectivity index (χ1) is 9.95. The number of benzene rings is 1. The third kappa shape index (κ3) is 4.59. The second-order valence-electron chi connectivity index (χ2n) is 5.37. The van der Waals surface area contributed by atoms with Crippen LogP contribution in [-0.4, -0.2) is 23.8 Å². The maximum atomic E-state index is 12.2. The molecule has 0 aromatic heterocycles. The summed E-state index contributed by atoms with van der Waals surface area (Å²) < 4.78 is 0. The summed E-state index contributed by atoms with van der Waals surface area (Å²) in [5.74, 6) is -0.621. The lowest BCUT2D eigenvalue weighted by Crippen LogP contribution is -2.44. The first-order valence-electron chi connectivity index (χ1n) is 6.93. The summed E-state index contributed by atoms with van der Waals surface area (Å²) >= 11 is 0. The molecule has 1 aromatic carbocycles. The maximum absolute atomic E-state index is 12.2. The largest absolute Gasteiger partial charge is 0.368 e. The molecule has 112 valence electrons. The lowest BCUT2D eigenvalue weighted by Gasteiger charge is -2.15. The number of carbonyl (C=O) groups excluding carboxylic acids is 3. The molecule has 1 saturated carbocycles. The van der Waals surface area contributed by atoms with Gasteiger partial charge in [-0.2, -0.15) is 0 Å². The quantitative estimate of drug-likeness (QED) is 0.729. The van der Waals surface area contributed by atoms with Gasteiger partial charge in [-0.15, -0.1) is 0 Å². The van der Waals surface area contributed by atoms with E-state index in [2.05, 4.69) is 10.6 Å². The first kappa shape index (κ1) is 15.0. The summed E-state index contributed by atoms with van der Waals surface area (Å²) in [5, 5.41) is 5.27. The van der Waals surface area contributed by atoms with Crippen molar-refractivity contribution in [3.63, 3.8) is 0 Å². The molecular weight excluding hydrogens is 270 g/mol. The van der Waals surface area contributed by atoms with Crippen LogP contribution in [0.5, 0.6) is 0 Å². The fraction of sp³-hybridized carbons (Fsp3) is 0.400. The van der Waals surface area contributed by atoms with Gasteiger partial charge in [-0.3, -0.25) is 14.4 Å². The third-order valence-corrected chi connectivity index (χ3v) is 3.36. The van der Waals surface area contributed by atoms with Gasteiger partial charge in [0.1, 0.15) is 6.04 Å². The van der Waals surface area contributed by atoms with Crippen molar-refractivity contribution in [3.8, 4) is 0 Å². The maximum Gasteiger partial charge on any atom is 0.252 e. The lowest BCUT2D eigenvalue weighted by atomic mass is 10.1. The van der Waals surface area contributed by atoms with Gasteiger partial charge >= 0.3 is 0 Å². The second kappa shape index (κ2) is 6.39. The van der Waals surface area contributed by atoms with Crippen molar-refractivity contribution in [2.45, 2.75) is 32.2 Å². The molecule has 0 unspecified atom stereocenters. The predicted molar refractivity (Wildman–Crippen MR) is 78.5 cm³/mol. The van der Waals surface area contributed by atoms with Gasteiger partial charge in [-0.05, 0) is 30.5 Å². The van der Waals surface area contributed by atoms with E-state index in [1.54, 1.807) is 24.3 Å². The Bertz CT molecular complexity index is 567. The van der Waals surface area contributed by atoms with E-state index in [1.807, 2.05) is 0 Å². The van der Waals surface area contributed by atoms with Gasteiger partial charge < -0.3 is 16.4 Å². The average molecular weight is 289 g/mol. The molecule has 1 fully saturated rings. The van der Waals surface area contributed by atoms with E-state index < -0.39 is 11.9 Å². The van der Waals surface area contributed by atoms with Gasteiger partial charge in [0.25, 0.3) is 5.91 Å². The van der Waals surface area contributed by atoms with Gasteiger partial charge in [0, 0.05) is 18.2 Å². The summed E-state index contributed by atoms with van der Waals surface area (Å²) in [5.41, 5.74) is 6.24. The van der Waals surface area contributed by atoms with Crippen LogP contribution in [0.3, 0.4) is 0 Å². The Balaban J connectivity index is 2.03. The number of hydrogen-bond donors (Lipinski definition) is 3. The molecule has 1 aromatic rings. The fourth-order valence-electron chi connectivity index (χ4n) is 2.12. The lowest BCUT2D eigenvalue weighted by molar-refractivity contribution is -0.120. The van der Waals surface area contributed by atoms with Gasteiger partial charge in [0.15, 0.2) is 0 Å². The molecule has 6 heteroatoms. The molecule has 4 N–H and O–H groups in total. The van der Waals surface area contributed by atoms with Crippen LogP contribution in [0.25, 0.3) is 0 Å². The molecule has 1 atom stereocenters. The molecule has 0 radical (unpaired) electrons. The number of rotatable bonds is 6. The predicted octanol–water partition coefficient (Wildman–Crippen LogP) is 1.03. The Morgan fingerprint density at radius 2 is 2.05 bits per heavy atom. The number of hydrogen-bond acceptors (Lipinski definition) is 3. The number of nitrogens with one attached hydrogen (secondary N) is 2. The minimum absolute atomic E-state index is 0.212. The van der Waals surface area contributed by atoms with Crippen molar-refractivity contribution >= 4 is 23.4 Å². The topological polar surface area (TPSA) is 101 Å². The van der Waals surface area contributed by atoms with Crippen molar-refractivity contribution in [3.05, 3.63) is 29.8 Å². The Labute approximate surface area is 123 Å². The van der Waals surface area contributed by atoms with Gasteiger partial charge in [0.05, 0.1) is 0 Å². The molecule has 0 heterocycles. The normalized spacial score (nSPS) is 15.1. The van der Waals surface area contributed by atoms with Crippen molar-refractivity contribution in [1.82, 2.24) is 5.32 Å². The summed E-state index contributed by atoms with van der Waals surface area (Å²) in [6.07, 6.45) is 2.75. The van der Waals surface area contributed by atoms with Crippen LogP contribution in [0, 0.1) is 5.92 Å². The SMILES string of the molecule is CC(=O)Nc1cccc(C(=O)N[C@@H](CC2CC2)C(N)=O)c1. The molecular formula is C15H19N3O3. The highest BCUT2D eigenvalue weighted by Crippen LogP contribution is 2.33. The molecule has 0 saturated heterocycles. The minimum Gasteiger partial charge on any atom is -0.368 e. The smallest absolute Gasteiger partial charge is 0.252 e. The molecule has 0 aliphatic heterocycles. The highest BCUT2D eigenvalue weighted by molar-refractivity contribution is 5.99. The van der Waals surface area contributed by atoms with Gasteiger partial charge in [-0.25, -0.2) is 0 Å². The van der Waals surface area contributed by atoms with E-state index >= 15 is 0 Å². The number of primary amides is 1.